The SMILES string of the molecule is CC(C)C(=O)O[C@H](OC(=O)N1C[C@@H](Cc2cc(F)ccc2F)C[C@H]1C(=O)O)C(C)C. The van der Waals surface area contributed by atoms with E-state index in [-0.39, 0.29) is 30.9 Å². The summed E-state index contributed by atoms with van der Waals surface area (Å²) in [7, 11) is 0. The first-order valence-electron chi connectivity index (χ1n) is 9.84. The topological polar surface area (TPSA) is 93.1 Å². The molecule has 7 nitrogen and oxygen atoms in total. The molecule has 0 spiro atoms. The number of carbonyl (C=O) groups is 3. The average Bonchev–Trinajstić information content (AvgIpc) is 3.08. The molecule has 1 N–H and O–H groups in total. The maximum absolute atomic E-state index is 13.9. The zero-order valence-corrected chi connectivity index (χ0v) is 17.4. The highest BCUT2D eigenvalue weighted by Gasteiger charge is 2.42. The monoisotopic (exact) mass is 427 g/mol. The summed E-state index contributed by atoms with van der Waals surface area (Å²) >= 11 is 0. The van der Waals surface area contributed by atoms with Gasteiger partial charge in [0.05, 0.1) is 5.92 Å². The van der Waals surface area contributed by atoms with E-state index in [0.29, 0.717) is 0 Å². The molecular weight excluding hydrogens is 400 g/mol. The number of halogens is 2. The van der Waals surface area contributed by atoms with E-state index in [1.807, 2.05) is 0 Å². The second-order valence-corrected chi connectivity index (χ2v) is 8.14. The van der Waals surface area contributed by atoms with Crippen LogP contribution in [0.25, 0.3) is 0 Å². The van der Waals surface area contributed by atoms with Gasteiger partial charge in [-0.2, -0.15) is 0 Å². The van der Waals surface area contributed by atoms with Crippen LogP contribution in [0.2, 0.25) is 0 Å². The third kappa shape index (κ3) is 5.90. The molecule has 1 heterocycles. The summed E-state index contributed by atoms with van der Waals surface area (Å²) in [6.07, 6.45) is -1.95. The number of amides is 1. The third-order valence-corrected chi connectivity index (χ3v) is 4.89. The number of aliphatic carboxylic acids is 1. The zero-order valence-electron chi connectivity index (χ0n) is 17.4. The Morgan fingerprint density at radius 2 is 1.83 bits per heavy atom. The van der Waals surface area contributed by atoms with E-state index >= 15 is 0 Å². The van der Waals surface area contributed by atoms with Crippen molar-refractivity contribution in [2.24, 2.45) is 17.8 Å². The molecule has 0 unspecified atom stereocenters. The van der Waals surface area contributed by atoms with Crippen LogP contribution in [-0.4, -0.2) is 46.9 Å². The number of esters is 1. The highest BCUT2D eigenvalue weighted by molar-refractivity contribution is 5.81. The fraction of sp³-hybridized carbons (Fsp3) is 0.571. The van der Waals surface area contributed by atoms with Crippen molar-refractivity contribution in [3.05, 3.63) is 35.4 Å². The van der Waals surface area contributed by atoms with Crippen LogP contribution in [0.4, 0.5) is 13.6 Å². The number of carbonyl (C=O) groups excluding carboxylic acids is 2. The molecule has 30 heavy (non-hydrogen) atoms. The Kier molecular flexibility index (Phi) is 7.75. The molecule has 1 amide bonds. The van der Waals surface area contributed by atoms with Crippen molar-refractivity contribution in [1.29, 1.82) is 0 Å². The number of rotatable bonds is 7. The number of hydrogen-bond acceptors (Lipinski definition) is 5. The van der Waals surface area contributed by atoms with Crippen molar-refractivity contribution >= 4 is 18.0 Å². The first-order chi connectivity index (χ1) is 14.0. The van der Waals surface area contributed by atoms with Gasteiger partial charge in [-0.25, -0.2) is 18.4 Å². The van der Waals surface area contributed by atoms with Crippen LogP contribution < -0.4 is 0 Å². The van der Waals surface area contributed by atoms with E-state index in [2.05, 4.69) is 0 Å². The molecule has 1 aromatic carbocycles. The van der Waals surface area contributed by atoms with Crippen LogP contribution in [0.5, 0.6) is 0 Å². The van der Waals surface area contributed by atoms with Crippen molar-refractivity contribution in [1.82, 2.24) is 4.90 Å². The Hall–Kier alpha value is -2.71. The molecule has 0 saturated carbocycles. The van der Waals surface area contributed by atoms with Gasteiger partial charge in [0, 0.05) is 12.5 Å². The number of carboxylic acids is 1. The van der Waals surface area contributed by atoms with Gasteiger partial charge in [-0.1, -0.05) is 27.7 Å². The number of nitrogens with zero attached hydrogens (tertiary/aromatic N) is 1. The van der Waals surface area contributed by atoms with Crippen LogP contribution in [0.1, 0.15) is 39.7 Å². The lowest BCUT2D eigenvalue weighted by molar-refractivity contribution is -0.181. The van der Waals surface area contributed by atoms with Crippen molar-refractivity contribution in [3.8, 4) is 0 Å². The van der Waals surface area contributed by atoms with Crippen molar-refractivity contribution in [2.45, 2.75) is 52.9 Å². The molecule has 1 aliphatic heterocycles. The summed E-state index contributed by atoms with van der Waals surface area (Å²) in [6, 6.07) is 1.90. The van der Waals surface area contributed by atoms with E-state index < -0.39 is 53.8 Å². The summed E-state index contributed by atoms with van der Waals surface area (Å²) in [5, 5.41) is 9.51. The Labute approximate surface area is 173 Å². The Morgan fingerprint density at radius 3 is 2.40 bits per heavy atom. The minimum atomic E-state index is -1.23. The van der Waals surface area contributed by atoms with Crippen LogP contribution in [0.3, 0.4) is 0 Å². The quantitative estimate of drug-likeness (QED) is 0.528. The molecule has 0 bridgehead atoms. The predicted molar refractivity (Wildman–Crippen MR) is 102 cm³/mol. The number of ether oxygens (including phenoxy) is 2. The Bertz CT molecular complexity index is 798. The molecule has 9 heteroatoms. The van der Waals surface area contributed by atoms with E-state index in [1.165, 1.54) is 0 Å². The molecule has 0 aromatic heterocycles. The largest absolute Gasteiger partial charge is 0.480 e. The van der Waals surface area contributed by atoms with Gasteiger partial charge in [-0.3, -0.25) is 9.69 Å². The van der Waals surface area contributed by atoms with Gasteiger partial charge in [-0.15, -0.1) is 0 Å². The number of benzene rings is 1. The minimum absolute atomic E-state index is 0.00526. The minimum Gasteiger partial charge on any atom is -0.480 e. The van der Waals surface area contributed by atoms with Crippen LogP contribution >= 0.6 is 0 Å². The van der Waals surface area contributed by atoms with Crippen LogP contribution in [-0.2, 0) is 25.5 Å². The first kappa shape index (κ1) is 23.6. The summed E-state index contributed by atoms with van der Waals surface area (Å²) in [6.45, 7) is 6.66. The van der Waals surface area contributed by atoms with Crippen molar-refractivity contribution < 1.29 is 37.7 Å². The maximum atomic E-state index is 13.9. The lowest BCUT2D eigenvalue weighted by Gasteiger charge is -2.27. The molecule has 3 atom stereocenters. The van der Waals surface area contributed by atoms with Crippen molar-refractivity contribution in [2.75, 3.05) is 6.54 Å². The Balaban J connectivity index is 2.11. The molecule has 1 aromatic rings. The van der Waals surface area contributed by atoms with Gasteiger partial charge < -0.3 is 14.6 Å². The van der Waals surface area contributed by atoms with Gasteiger partial charge >= 0.3 is 18.0 Å². The summed E-state index contributed by atoms with van der Waals surface area (Å²) < 4.78 is 37.9. The van der Waals surface area contributed by atoms with Gasteiger partial charge in [0.2, 0.25) is 0 Å². The lowest BCUT2D eigenvalue weighted by atomic mass is 9.96. The number of likely N-dealkylation sites (tertiary alicyclic amines) is 1. The smallest absolute Gasteiger partial charge is 0.413 e. The second kappa shape index (κ2) is 9.86. The average molecular weight is 427 g/mol. The van der Waals surface area contributed by atoms with E-state index in [1.54, 1.807) is 27.7 Å². The maximum Gasteiger partial charge on any atom is 0.413 e. The fourth-order valence-corrected chi connectivity index (χ4v) is 3.23. The van der Waals surface area contributed by atoms with Crippen molar-refractivity contribution in [3.63, 3.8) is 0 Å². The summed E-state index contributed by atoms with van der Waals surface area (Å²) in [4.78, 5) is 37.2. The molecule has 1 aliphatic rings. The van der Waals surface area contributed by atoms with Gasteiger partial charge in [0.15, 0.2) is 0 Å². The molecule has 0 radical (unpaired) electrons. The van der Waals surface area contributed by atoms with Gasteiger partial charge in [0.25, 0.3) is 6.29 Å². The second-order valence-electron chi connectivity index (χ2n) is 8.14. The molecule has 1 fully saturated rings. The van der Waals surface area contributed by atoms with Crippen LogP contribution in [0.15, 0.2) is 18.2 Å². The molecule has 166 valence electrons. The Morgan fingerprint density at radius 1 is 1.17 bits per heavy atom. The lowest BCUT2D eigenvalue weighted by Crippen LogP contribution is -2.43. The first-order valence-corrected chi connectivity index (χ1v) is 9.84. The highest BCUT2D eigenvalue weighted by atomic mass is 19.1. The highest BCUT2D eigenvalue weighted by Crippen LogP contribution is 2.29. The molecule has 2 rings (SSSR count). The normalized spacial score (nSPS) is 19.8. The predicted octanol–water partition coefficient (Wildman–Crippen LogP) is 3.60. The molecule has 0 aliphatic carbocycles. The van der Waals surface area contributed by atoms with Gasteiger partial charge in [0.1, 0.15) is 17.7 Å². The van der Waals surface area contributed by atoms with Crippen LogP contribution in [0, 0.1) is 29.4 Å². The summed E-state index contributed by atoms with van der Waals surface area (Å²) in [5.41, 5.74) is 0.116. The fourth-order valence-electron chi connectivity index (χ4n) is 3.23. The summed E-state index contributed by atoms with van der Waals surface area (Å²) in [5.74, 6) is -4.13. The number of hydrogen-bond donors (Lipinski definition) is 1. The zero-order chi connectivity index (χ0) is 22.6. The molecular formula is C21H27F2NO6. The van der Waals surface area contributed by atoms with E-state index in [9.17, 15) is 28.3 Å². The molecule has 1 saturated heterocycles. The van der Waals surface area contributed by atoms with E-state index in [4.69, 9.17) is 9.47 Å². The third-order valence-electron chi connectivity index (χ3n) is 4.89. The standard InChI is InChI=1S/C21H27F2NO6/c1-11(2)19(27)29-20(12(3)4)30-21(28)24-10-13(8-17(24)18(25)26)7-14-9-15(22)5-6-16(14)23/h5-6,9,11-13,17,20H,7-8,10H2,1-4H3,(H,25,26)/t13-,17-,20+/m0/s1. The van der Waals surface area contributed by atoms with E-state index in [0.717, 1.165) is 23.1 Å². The van der Waals surface area contributed by atoms with Gasteiger partial charge in [-0.05, 0) is 42.5 Å². The number of carboxylic acid groups (broad SMARTS) is 1.